The maximum absolute atomic E-state index is 12.8. The monoisotopic (exact) mass is 390 g/mol. The number of likely N-dealkylation sites (tertiary alicyclic amines) is 1. The molecule has 1 amide bonds. The van der Waals surface area contributed by atoms with Crippen LogP contribution in [0.15, 0.2) is 10.9 Å². The number of aromatic nitrogens is 3. The summed E-state index contributed by atoms with van der Waals surface area (Å²) in [6.07, 6.45) is 5.78. The molecule has 146 valence electrons. The van der Waals surface area contributed by atoms with Crippen LogP contribution in [0.4, 0.5) is 5.13 Å². The molecular formula is C18H26N6O2S. The highest BCUT2D eigenvalue weighted by atomic mass is 32.1. The topological polar surface area (TPSA) is 82.8 Å². The molecule has 2 aliphatic rings. The van der Waals surface area contributed by atoms with E-state index >= 15 is 0 Å². The van der Waals surface area contributed by atoms with Crippen LogP contribution in [0.1, 0.15) is 49.5 Å². The zero-order valence-corrected chi connectivity index (χ0v) is 16.5. The molecule has 27 heavy (non-hydrogen) atoms. The molecule has 2 aromatic heterocycles. The average Bonchev–Trinajstić information content (AvgIpc) is 3.32. The Morgan fingerprint density at radius 1 is 1.26 bits per heavy atom. The van der Waals surface area contributed by atoms with E-state index in [1.165, 1.54) is 34.8 Å². The van der Waals surface area contributed by atoms with Crippen LogP contribution in [0.5, 0.6) is 0 Å². The first-order valence-corrected chi connectivity index (χ1v) is 10.7. The summed E-state index contributed by atoms with van der Waals surface area (Å²) in [5.41, 5.74) is -0.129. The molecule has 1 atom stereocenters. The van der Waals surface area contributed by atoms with Crippen molar-refractivity contribution in [3.05, 3.63) is 22.1 Å². The minimum absolute atomic E-state index is 0.261. The first-order chi connectivity index (χ1) is 13.2. The number of carbonyl (C=O) groups is 1. The molecule has 2 saturated heterocycles. The van der Waals surface area contributed by atoms with E-state index in [0.717, 1.165) is 50.6 Å². The Balaban J connectivity index is 1.55. The van der Waals surface area contributed by atoms with Crippen molar-refractivity contribution in [1.82, 2.24) is 24.8 Å². The molecular weight excluding hydrogens is 364 g/mol. The number of piperidine rings is 1. The summed E-state index contributed by atoms with van der Waals surface area (Å²) < 4.78 is 1.53. The zero-order chi connectivity index (χ0) is 18.8. The maximum Gasteiger partial charge on any atom is 0.274 e. The summed E-state index contributed by atoms with van der Waals surface area (Å²) in [5.74, 6) is -0.261. The van der Waals surface area contributed by atoms with Gasteiger partial charge in [-0.05, 0) is 45.2 Å². The third kappa shape index (κ3) is 3.84. The minimum atomic E-state index is -0.398. The summed E-state index contributed by atoms with van der Waals surface area (Å²) >= 11 is 1.38. The van der Waals surface area contributed by atoms with Crippen LogP contribution >= 0.6 is 11.3 Å². The second-order valence-corrected chi connectivity index (χ2v) is 8.18. The van der Waals surface area contributed by atoms with E-state index in [2.05, 4.69) is 32.1 Å². The Morgan fingerprint density at radius 2 is 2.07 bits per heavy atom. The first kappa shape index (κ1) is 18.4. The van der Waals surface area contributed by atoms with Crippen molar-refractivity contribution in [2.75, 3.05) is 37.6 Å². The Bertz CT molecular complexity index is 872. The van der Waals surface area contributed by atoms with Crippen LogP contribution in [0.25, 0.3) is 4.96 Å². The molecule has 1 unspecified atom stereocenters. The highest BCUT2D eigenvalue weighted by Gasteiger charge is 2.25. The second-order valence-electron chi connectivity index (χ2n) is 7.24. The smallest absolute Gasteiger partial charge is 0.274 e. The molecule has 9 heteroatoms. The van der Waals surface area contributed by atoms with Crippen molar-refractivity contribution in [1.29, 1.82) is 0 Å². The summed E-state index contributed by atoms with van der Waals surface area (Å²) in [7, 11) is 0. The van der Waals surface area contributed by atoms with Crippen LogP contribution in [-0.2, 0) is 0 Å². The predicted octanol–water partition coefficient (Wildman–Crippen LogP) is 1.36. The van der Waals surface area contributed by atoms with Gasteiger partial charge < -0.3 is 10.2 Å². The number of amides is 1. The normalized spacial score (nSPS) is 21.1. The van der Waals surface area contributed by atoms with Crippen molar-refractivity contribution in [2.24, 2.45) is 0 Å². The quantitative estimate of drug-likeness (QED) is 0.830. The Morgan fingerprint density at radius 3 is 2.85 bits per heavy atom. The molecule has 2 aromatic rings. The molecule has 0 aliphatic carbocycles. The van der Waals surface area contributed by atoms with Gasteiger partial charge in [-0.15, -0.1) is 5.10 Å². The van der Waals surface area contributed by atoms with Crippen LogP contribution in [0.2, 0.25) is 0 Å². The predicted molar refractivity (Wildman–Crippen MR) is 106 cm³/mol. The van der Waals surface area contributed by atoms with Gasteiger partial charge in [0.05, 0.1) is 0 Å². The number of nitrogens with one attached hydrogen (secondary N) is 1. The fourth-order valence-electron chi connectivity index (χ4n) is 4.02. The lowest BCUT2D eigenvalue weighted by molar-refractivity contribution is 0.0933. The van der Waals surface area contributed by atoms with Crippen LogP contribution in [-0.4, -0.2) is 64.2 Å². The van der Waals surface area contributed by atoms with Gasteiger partial charge in [-0.1, -0.05) is 18.3 Å². The molecule has 2 aliphatic heterocycles. The lowest BCUT2D eigenvalue weighted by Crippen LogP contribution is -2.40. The number of rotatable bonds is 5. The van der Waals surface area contributed by atoms with E-state index in [0.29, 0.717) is 17.5 Å². The van der Waals surface area contributed by atoms with Gasteiger partial charge in [-0.3, -0.25) is 14.5 Å². The SMILES string of the molecule is CCN1CCCC1CNC(=O)c1cc(=O)nc2sc(N3CCCCC3)nn12. The summed E-state index contributed by atoms with van der Waals surface area (Å²) in [6.45, 7) is 6.73. The first-order valence-electron chi connectivity index (χ1n) is 9.84. The lowest BCUT2D eigenvalue weighted by Gasteiger charge is -2.25. The summed E-state index contributed by atoms with van der Waals surface area (Å²) in [6, 6.07) is 1.65. The van der Waals surface area contributed by atoms with Crippen molar-refractivity contribution < 1.29 is 4.79 Å². The second kappa shape index (κ2) is 7.93. The Labute approximate surface area is 162 Å². The number of nitrogens with zero attached hydrogens (tertiary/aromatic N) is 5. The molecule has 2 fully saturated rings. The molecule has 4 heterocycles. The van der Waals surface area contributed by atoms with Gasteiger partial charge in [0.25, 0.3) is 11.5 Å². The van der Waals surface area contributed by atoms with Gasteiger partial charge >= 0.3 is 0 Å². The highest BCUT2D eigenvalue weighted by molar-refractivity contribution is 7.20. The van der Waals surface area contributed by atoms with Crippen LogP contribution in [0.3, 0.4) is 0 Å². The van der Waals surface area contributed by atoms with Crippen molar-refractivity contribution >= 4 is 27.3 Å². The van der Waals surface area contributed by atoms with E-state index in [4.69, 9.17) is 0 Å². The van der Waals surface area contributed by atoms with Crippen LogP contribution < -0.4 is 15.8 Å². The minimum Gasteiger partial charge on any atom is -0.349 e. The third-order valence-corrected chi connectivity index (χ3v) is 6.48. The molecule has 0 spiro atoms. The highest BCUT2D eigenvalue weighted by Crippen LogP contribution is 2.25. The summed E-state index contributed by atoms with van der Waals surface area (Å²) in [4.78, 5) is 33.9. The fourth-order valence-corrected chi connectivity index (χ4v) is 4.98. The molecule has 1 N–H and O–H groups in total. The van der Waals surface area contributed by atoms with Crippen molar-refractivity contribution in [3.8, 4) is 0 Å². The lowest BCUT2D eigenvalue weighted by atomic mass is 10.1. The summed E-state index contributed by atoms with van der Waals surface area (Å²) in [5, 5.41) is 8.42. The van der Waals surface area contributed by atoms with E-state index in [-0.39, 0.29) is 11.6 Å². The van der Waals surface area contributed by atoms with E-state index < -0.39 is 5.56 Å². The number of hydrogen-bond donors (Lipinski definition) is 1. The standard InChI is InChI=1S/C18H26N6O2S/c1-2-22-10-6-7-13(22)12-19-16(26)14-11-15(25)20-17-24(14)21-18(27-17)23-8-4-3-5-9-23/h11,13H,2-10,12H2,1H3,(H,19,26). The van der Waals surface area contributed by atoms with Gasteiger partial charge in [-0.25, -0.2) is 0 Å². The third-order valence-electron chi connectivity index (χ3n) is 5.51. The van der Waals surface area contributed by atoms with Crippen molar-refractivity contribution in [2.45, 2.75) is 45.1 Å². The molecule has 4 rings (SSSR count). The van der Waals surface area contributed by atoms with E-state index in [1.807, 2.05) is 0 Å². The molecule has 0 bridgehead atoms. The largest absolute Gasteiger partial charge is 0.349 e. The number of hydrogen-bond acceptors (Lipinski definition) is 7. The Kier molecular flexibility index (Phi) is 5.40. The number of anilines is 1. The van der Waals surface area contributed by atoms with Crippen LogP contribution in [0, 0.1) is 0 Å². The van der Waals surface area contributed by atoms with E-state index in [1.54, 1.807) is 0 Å². The average molecular weight is 391 g/mol. The number of carbonyl (C=O) groups excluding carboxylic acids is 1. The van der Waals surface area contributed by atoms with E-state index in [9.17, 15) is 9.59 Å². The van der Waals surface area contributed by atoms with Gasteiger partial charge in [0.15, 0.2) is 0 Å². The fraction of sp³-hybridized carbons (Fsp3) is 0.667. The molecule has 0 radical (unpaired) electrons. The van der Waals surface area contributed by atoms with Gasteiger partial charge in [0, 0.05) is 31.7 Å². The number of fused-ring (bicyclic) bond motifs is 1. The molecule has 0 saturated carbocycles. The van der Waals surface area contributed by atoms with Gasteiger partial charge in [0.2, 0.25) is 10.1 Å². The van der Waals surface area contributed by atoms with Gasteiger partial charge in [0.1, 0.15) is 5.69 Å². The number of likely N-dealkylation sites (N-methyl/N-ethyl adjacent to an activating group) is 1. The van der Waals surface area contributed by atoms with Gasteiger partial charge in [-0.2, -0.15) is 9.50 Å². The zero-order valence-electron chi connectivity index (χ0n) is 15.7. The maximum atomic E-state index is 12.8. The molecule has 0 aromatic carbocycles. The molecule has 8 nitrogen and oxygen atoms in total. The van der Waals surface area contributed by atoms with Crippen molar-refractivity contribution in [3.63, 3.8) is 0 Å². The Hall–Kier alpha value is -2.00.